The molecular formula is C97H127N19O19. The summed E-state index contributed by atoms with van der Waals surface area (Å²) in [6, 6.07) is 6.77. The van der Waals surface area contributed by atoms with Gasteiger partial charge in [0, 0.05) is 184 Å². The molecule has 724 valence electrons. The molecule has 5 fully saturated rings. The van der Waals surface area contributed by atoms with Crippen molar-refractivity contribution in [3.63, 3.8) is 0 Å². The Kier molecular flexibility index (Phi) is 33.3. The molecule has 0 unspecified atom stereocenters. The molecule has 0 spiro atoms. The summed E-state index contributed by atoms with van der Waals surface area (Å²) >= 11 is 0. The number of nitrogen functional groups attached to an aromatic ring is 1. The lowest BCUT2D eigenvalue weighted by Gasteiger charge is -2.42. The quantitative estimate of drug-likeness (QED) is 0.0152. The summed E-state index contributed by atoms with van der Waals surface area (Å²) in [6.45, 7) is 15.9. The lowest BCUT2D eigenvalue weighted by atomic mass is 9.80. The number of hydrogen-bond acceptors (Lipinski definition) is 31. The second-order valence-corrected chi connectivity index (χ2v) is 36.9. The van der Waals surface area contributed by atoms with Crippen LogP contribution in [-0.4, -0.2) is 304 Å². The number of aliphatic hydroxyl groups is 2. The molecule has 1 saturated carbocycles. The van der Waals surface area contributed by atoms with E-state index in [-0.39, 0.29) is 100 Å². The molecule has 38 nitrogen and oxygen atoms in total. The third kappa shape index (κ3) is 24.0. The molecule has 12 heterocycles. The third-order valence-corrected chi connectivity index (χ3v) is 27.5. The largest absolute Gasteiger partial charge is 0.480 e. The van der Waals surface area contributed by atoms with E-state index in [1.54, 1.807) is 64.4 Å². The number of aliphatic hydroxyl groups excluding tert-OH is 1. The van der Waals surface area contributed by atoms with Gasteiger partial charge < -0.3 is 94.7 Å². The third-order valence-electron chi connectivity index (χ3n) is 27.5. The van der Waals surface area contributed by atoms with E-state index < -0.39 is 126 Å². The van der Waals surface area contributed by atoms with Crippen LogP contribution in [-0.2, 0) is 92.8 Å². The lowest BCUT2D eigenvalue weighted by Crippen LogP contribution is -2.61. The van der Waals surface area contributed by atoms with E-state index in [2.05, 4.69) is 73.2 Å². The number of piperidine rings is 1. The number of Topliss-reactive ketones (excluding diaryl/α,β-unsaturated/α-hetero) is 3. The Hall–Kier alpha value is -11.8. The number of H-pyrrole nitrogens is 1. The fraction of sp³-hybridized carbons (Fsp3) is 0.557. The van der Waals surface area contributed by atoms with Crippen molar-refractivity contribution in [2.24, 2.45) is 35.3 Å². The Morgan fingerprint density at radius 1 is 0.756 bits per heavy atom. The predicted octanol–water partition coefficient (Wildman–Crippen LogP) is 7.23. The topological polar surface area (TPSA) is 486 Å². The van der Waals surface area contributed by atoms with Gasteiger partial charge in [0.1, 0.15) is 65.8 Å². The minimum absolute atomic E-state index is 0.0140. The van der Waals surface area contributed by atoms with Gasteiger partial charge in [0.05, 0.1) is 62.0 Å². The molecule has 6 aliphatic heterocycles. The number of esters is 1. The van der Waals surface area contributed by atoms with Crippen molar-refractivity contribution >= 4 is 92.9 Å². The second kappa shape index (κ2) is 45.3. The van der Waals surface area contributed by atoms with Crippen molar-refractivity contribution in [1.29, 1.82) is 0 Å². The number of fused-ring (bicyclic) bond motifs is 6. The number of anilines is 3. The van der Waals surface area contributed by atoms with E-state index in [1.807, 2.05) is 72.1 Å². The first-order valence-corrected chi connectivity index (χ1v) is 46.9. The minimum Gasteiger partial charge on any atom is -0.480 e. The molecule has 1 aromatic carbocycles. The monoisotopic (exact) mass is 1860 g/mol. The number of alkyl carbamates (subject to hydrolysis) is 1. The number of aliphatic carboxylic acids is 1. The average Bonchev–Trinajstić information content (AvgIpc) is 1.69. The van der Waals surface area contributed by atoms with Gasteiger partial charge in [-0.05, 0) is 136 Å². The molecule has 135 heavy (non-hydrogen) atoms. The van der Waals surface area contributed by atoms with Crippen LogP contribution in [0.4, 0.5) is 22.5 Å². The Morgan fingerprint density at radius 2 is 1.52 bits per heavy atom. The van der Waals surface area contributed by atoms with E-state index in [0.29, 0.717) is 162 Å². The summed E-state index contributed by atoms with van der Waals surface area (Å²) in [6.07, 6.45) is 19.2. The highest BCUT2D eigenvalue weighted by Crippen LogP contribution is 2.40. The Balaban J connectivity index is 0.512. The molecule has 6 aromatic heterocycles. The molecule has 0 radical (unpaired) electrons. The highest BCUT2D eigenvalue weighted by molar-refractivity contribution is 6.39. The first kappa shape index (κ1) is 99.2. The number of nitrogens with two attached hydrogens (primary N) is 2. The van der Waals surface area contributed by atoms with E-state index in [0.717, 1.165) is 43.8 Å². The highest BCUT2D eigenvalue weighted by Gasteiger charge is 2.54. The number of pyridine rings is 1. The van der Waals surface area contributed by atoms with Crippen LogP contribution in [0.2, 0.25) is 0 Å². The fourth-order valence-electron chi connectivity index (χ4n) is 19.5. The number of allylic oxidation sites excluding steroid dienone is 6. The van der Waals surface area contributed by atoms with Crippen LogP contribution in [0, 0.1) is 29.6 Å². The zero-order chi connectivity index (χ0) is 95.9. The number of carboxylic acids is 1. The van der Waals surface area contributed by atoms with Gasteiger partial charge in [-0.3, -0.25) is 33.7 Å². The number of carbonyl (C=O) groups is 9. The Labute approximate surface area is 784 Å². The number of hydrogen-bond donors (Lipinski definition) is 7. The Bertz CT molecular complexity index is 5510. The molecule has 7 aliphatic rings. The number of ether oxygens (including phenoxy) is 7. The van der Waals surface area contributed by atoms with Gasteiger partial charge >= 0.3 is 18.0 Å². The highest BCUT2D eigenvalue weighted by atomic mass is 16.6. The number of benzene rings is 1. The van der Waals surface area contributed by atoms with Gasteiger partial charge in [0.25, 0.3) is 17.6 Å². The standard InChI is InChI=1S/C97H127N19O19/c1-57-15-11-10-12-16-58(2)77(129-7)45-71-22-18-62(6)97(128,135-71)86(121)91(123)115-28-14-13-17-73(115)93(126)133-78(46-75(117)59(3)40-61(5)84(120)85(131-9)83(119)60(4)39-57)72(98)42-63-20-23-76(79(43-63)130-8)134-96(127)106-49-65-47-102-95(103-48-65)113-34-35-114(74(55-113)92(124)125)80(118)26-37-132-38-36-110-30-32-111(33-31-110)94-104-51-70(52-105-94)90(122)112-29-25-66-41-64(19-21-68(66)54-112)53-116-89-81(87(99)107-56-108-89)82(109-116)69-44-67-24-27-100-88(67)101-50-69/h10-12,15-16,19,21,24,27,40-41,44,47-48,50-52,56-57,59-60,62-63,71-74,76-79,84-85,120,128H,13-14,17-18,20,22-23,25-26,28-39,42-43,45-46,49,53-55,98H2,1-9H3,(H,100,101)(H,106,127)(H,124,125)(H2,99,107,108)/b12-10?,15-11+,58-16?,61-40+/t57-,59-,60-,62-,63+,71+,72-,73+,74-,76-,77+,78+,79-,84-,85+,97-/m1/s1. The van der Waals surface area contributed by atoms with Gasteiger partial charge in [-0.2, -0.15) is 5.10 Å². The van der Waals surface area contributed by atoms with Crippen molar-refractivity contribution in [2.75, 3.05) is 116 Å². The first-order valence-electron chi connectivity index (χ1n) is 46.9. The van der Waals surface area contributed by atoms with E-state index in [4.69, 9.17) is 49.7 Å². The van der Waals surface area contributed by atoms with Gasteiger partial charge in [-0.15, -0.1) is 0 Å². The molecule has 4 saturated heterocycles. The number of piperazine rings is 2. The number of rotatable bonds is 22. The molecule has 16 atom stereocenters. The van der Waals surface area contributed by atoms with Crippen LogP contribution in [0.1, 0.15) is 158 Å². The first-order chi connectivity index (χ1) is 64.9. The summed E-state index contributed by atoms with van der Waals surface area (Å²) in [7, 11) is 4.39. The smallest absolute Gasteiger partial charge is 0.407 e. The van der Waals surface area contributed by atoms with Crippen LogP contribution >= 0.6 is 0 Å². The minimum atomic E-state index is -2.53. The van der Waals surface area contributed by atoms with Crippen LogP contribution in [0.15, 0.2) is 121 Å². The average molecular weight is 1860 g/mol. The number of cyclic esters (lactones) is 1. The van der Waals surface area contributed by atoms with Gasteiger partial charge in [-0.25, -0.2) is 54.0 Å². The number of carbonyl (C=O) groups excluding carboxylic acids is 8. The summed E-state index contributed by atoms with van der Waals surface area (Å²) in [5, 5.41) is 43.6. The van der Waals surface area contributed by atoms with Crippen LogP contribution in [0.25, 0.3) is 33.3 Å². The summed E-state index contributed by atoms with van der Waals surface area (Å²) < 4.78 is 43.7. The zero-order valence-electron chi connectivity index (χ0n) is 78.3. The van der Waals surface area contributed by atoms with E-state index in [9.17, 15) is 58.5 Å². The number of amides is 4. The molecular weight excluding hydrogens is 1740 g/mol. The normalized spacial score (nSPS) is 27.5. The molecule has 38 heteroatoms. The zero-order valence-corrected chi connectivity index (χ0v) is 78.3. The molecule has 1 aliphatic carbocycles. The maximum Gasteiger partial charge on any atom is 0.407 e. The van der Waals surface area contributed by atoms with Crippen molar-refractivity contribution < 1.29 is 91.6 Å². The van der Waals surface area contributed by atoms with Crippen LogP contribution in [0.3, 0.4) is 0 Å². The van der Waals surface area contributed by atoms with Crippen molar-refractivity contribution in [1.82, 2.24) is 74.6 Å². The van der Waals surface area contributed by atoms with E-state index in [1.165, 1.54) is 37.8 Å². The summed E-state index contributed by atoms with van der Waals surface area (Å²) in [5.41, 5.74) is 21.7. The number of nitrogens with one attached hydrogen (secondary N) is 2. The maximum atomic E-state index is 14.8. The molecule has 2 bridgehead atoms. The number of ketones is 3. The molecule has 9 N–H and O–H groups in total. The number of nitrogens with zero attached hydrogens (tertiary/aromatic N) is 15. The fourth-order valence-corrected chi connectivity index (χ4v) is 19.5. The predicted molar refractivity (Wildman–Crippen MR) is 497 cm³/mol. The Morgan fingerprint density at radius 3 is 2.27 bits per heavy atom. The van der Waals surface area contributed by atoms with Crippen LogP contribution in [0.5, 0.6) is 0 Å². The van der Waals surface area contributed by atoms with Gasteiger partial charge in [0.15, 0.2) is 11.4 Å². The number of methoxy groups -OCH3 is 3. The molecule has 4 amide bonds. The summed E-state index contributed by atoms with van der Waals surface area (Å²) in [4.78, 5) is 171. The van der Waals surface area contributed by atoms with Gasteiger partial charge in [0.2, 0.25) is 23.6 Å². The van der Waals surface area contributed by atoms with Gasteiger partial charge in [-0.1, -0.05) is 82.4 Å². The number of aromatic amines is 1. The summed E-state index contributed by atoms with van der Waals surface area (Å²) in [5.74, 6) is -9.54. The number of carboxylic acid groups (broad SMARTS) is 1. The SMILES string of the molecule is CO[C@H]1C[C@@H]2CC[C@@H](C)[C@@](O)(O2)C(=O)C(=O)N2CCCC[C@H]2C(=O)O[C@H]([C@H](N)C[C@@H]2CC[C@@H](OC(=O)NCc3cnc(N4CCN(C(=O)CCOCCN5CCN(c6ncc(C(=O)N7CCc8cc(Cn9nc(-c%10cnc%11[nH]ccc%11c%10)c%10c(N)ncnc%109)ccc8C7)cn6)CC5)[C@@H](C(=O)O)C4)nc3)[C@H](OC)C2)CC(=O)[C@H](C)/C=C(\C)[C@@H](O)[C@@H](OC)C(=O)[C@H](C)C[C@H](C)/C=C/C=CC=C1C. The van der Waals surface area contributed by atoms with Crippen molar-refractivity contribution in [3.8, 4) is 11.3 Å². The molecule has 7 aromatic rings. The maximum absolute atomic E-state index is 14.8. The van der Waals surface area contributed by atoms with Crippen molar-refractivity contribution in [2.45, 2.75) is 218 Å². The molecule has 14 rings (SSSR count). The van der Waals surface area contributed by atoms with Crippen LogP contribution < -0.4 is 26.6 Å². The second-order valence-electron chi connectivity index (χ2n) is 36.9. The van der Waals surface area contributed by atoms with E-state index >= 15 is 0 Å². The number of aromatic nitrogens is 10. The lowest BCUT2D eigenvalue weighted by molar-refractivity contribution is -0.265. The van der Waals surface area contributed by atoms with Crippen molar-refractivity contribution in [3.05, 3.63) is 149 Å².